The fourth-order valence-electron chi connectivity index (χ4n) is 2.67. The Labute approximate surface area is 166 Å². The van der Waals surface area contributed by atoms with Crippen LogP contribution in [-0.2, 0) is 9.59 Å². The van der Waals surface area contributed by atoms with Crippen molar-refractivity contribution in [1.29, 1.82) is 0 Å². The van der Waals surface area contributed by atoms with Gasteiger partial charge in [-0.1, -0.05) is 44.2 Å². The van der Waals surface area contributed by atoms with Crippen molar-refractivity contribution < 1.29 is 24.6 Å². The summed E-state index contributed by atoms with van der Waals surface area (Å²) in [6.45, 7) is 3.42. The Bertz CT molecular complexity index is 822. The minimum absolute atomic E-state index is 0.00324. The van der Waals surface area contributed by atoms with Gasteiger partial charge in [-0.05, 0) is 12.3 Å². The highest BCUT2D eigenvalue weighted by atomic mass is 32.1. The van der Waals surface area contributed by atoms with Crippen molar-refractivity contribution in [3.63, 3.8) is 0 Å². The molecule has 28 heavy (non-hydrogen) atoms. The van der Waals surface area contributed by atoms with Gasteiger partial charge in [0.15, 0.2) is 5.13 Å². The molecule has 1 heterocycles. The first kappa shape index (κ1) is 21.4. The highest BCUT2D eigenvalue weighted by Crippen LogP contribution is 2.24. The topological polar surface area (TPSA) is 120 Å². The van der Waals surface area contributed by atoms with Crippen LogP contribution in [0.3, 0.4) is 0 Å². The molecule has 0 aliphatic carbocycles. The van der Waals surface area contributed by atoms with Crippen LogP contribution >= 0.6 is 11.3 Å². The number of anilines is 1. The molecule has 1 unspecified atom stereocenters. The highest BCUT2D eigenvalue weighted by Gasteiger charge is 2.30. The molecule has 9 heteroatoms. The van der Waals surface area contributed by atoms with Crippen molar-refractivity contribution in [2.24, 2.45) is 5.92 Å². The van der Waals surface area contributed by atoms with E-state index < -0.39 is 24.0 Å². The standard InChI is InChI=1S/C19H23N3O5S/c1-12(2)10-15(17(24)25)22(19(26)27)9-8-16(23)21-18-20-14(11-28-18)13-6-4-3-5-7-13/h3-7,11-12,15H,8-10H2,1-2H3,(H,24,25)(H,26,27)(H,20,21,23). The van der Waals surface area contributed by atoms with Gasteiger partial charge in [-0.15, -0.1) is 11.3 Å². The Morgan fingerprint density at radius 2 is 1.86 bits per heavy atom. The number of aromatic nitrogens is 1. The van der Waals surface area contributed by atoms with Gasteiger partial charge >= 0.3 is 12.1 Å². The third-order valence-electron chi connectivity index (χ3n) is 4.00. The molecule has 2 aromatic rings. The number of carboxylic acids is 1. The zero-order chi connectivity index (χ0) is 20.7. The number of carbonyl (C=O) groups is 3. The Morgan fingerprint density at radius 1 is 1.18 bits per heavy atom. The van der Waals surface area contributed by atoms with E-state index in [2.05, 4.69) is 10.3 Å². The van der Waals surface area contributed by atoms with E-state index in [1.807, 2.05) is 49.6 Å². The average molecular weight is 405 g/mol. The lowest BCUT2D eigenvalue weighted by molar-refractivity contribution is -0.143. The lowest BCUT2D eigenvalue weighted by Crippen LogP contribution is -2.46. The third-order valence-corrected chi connectivity index (χ3v) is 4.76. The molecule has 0 radical (unpaired) electrons. The summed E-state index contributed by atoms with van der Waals surface area (Å²) in [4.78, 5) is 40.3. The Morgan fingerprint density at radius 3 is 2.43 bits per heavy atom. The summed E-state index contributed by atoms with van der Waals surface area (Å²) in [5.74, 6) is -1.64. The van der Waals surface area contributed by atoms with Crippen LogP contribution in [0, 0.1) is 5.92 Å². The van der Waals surface area contributed by atoms with Gasteiger partial charge in [0.1, 0.15) is 6.04 Å². The maximum Gasteiger partial charge on any atom is 0.408 e. The monoisotopic (exact) mass is 405 g/mol. The molecular formula is C19H23N3O5S. The van der Waals surface area contributed by atoms with Crippen molar-refractivity contribution in [2.45, 2.75) is 32.7 Å². The third kappa shape index (κ3) is 6.05. The van der Waals surface area contributed by atoms with Gasteiger partial charge in [0.05, 0.1) is 5.69 Å². The van der Waals surface area contributed by atoms with Gasteiger partial charge in [-0.3, -0.25) is 9.69 Å². The minimum Gasteiger partial charge on any atom is -0.480 e. The number of aliphatic carboxylic acids is 1. The lowest BCUT2D eigenvalue weighted by Gasteiger charge is -2.27. The number of rotatable bonds is 9. The van der Waals surface area contributed by atoms with Crippen molar-refractivity contribution in [3.05, 3.63) is 35.7 Å². The zero-order valence-electron chi connectivity index (χ0n) is 15.7. The van der Waals surface area contributed by atoms with Gasteiger partial charge < -0.3 is 15.5 Å². The number of thiazole rings is 1. The first-order chi connectivity index (χ1) is 13.3. The van der Waals surface area contributed by atoms with Crippen LogP contribution in [0.25, 0.3) is 11.3 Å². The molecule has 8 nitrogen and oxygen atoms in total. The summed E-state index contributed by atoms with van der Waals surface area (Å²) in [5.41, 5.74) is 1.66. The second kappa shape index (κ2) is 9.84. The molecular weight excluding hydrogens is 382 g/mol. The second-order valence-electron chi connectivity index (χ2n) is 6.66. The van der Waals surface area contributed by atoms with Gasteiger partial charge in [-0.25, -0.2) is 14.6 Å². The highest BCUT2D eigenvalue weighted by molar-refractivity contribution is 7.14. The number of hydrogen-bond acceptors (Lipinski definition) is 5. The molecule has 150 valence electrons. The van der Waals surface area contributed by atoms with E-state index in [0.717, 1.165) is 16.2 Å². The predicted molar refractivity (Wildman–Crippen MR) is 106 cm³/mol. The van der Waals surface area contributed by atoms with E-state index in [9.17, 15) is 24.6 Å². The molecule has 1 aromatic heterocycles. The molecule has 0 fully saturated rings. The summed E-state index contributed by atoms with van der Waals surface area (Å²) in [7, 11) is 0. The number of carbonyl (C=O) groups excluding carboxylic acids is 1. The Balaban J connectivity index is 1.97. The van der Waals surface area contributed by atoms with Crippen LogP contribution in [-0.4, -0.2) is 50.7 Å². The molecule has 1 atom stereocenters. The van der Waals surface area contributed by atoms with E-state index in [1.54, 1.807) is 0 Å². The predicted octanol–water partition coefficient (Wildman–Crippen LogP) is 3.62. The largest absolute Gasteiger partial charge is 0.480 e. The van der Waals surface area contributed by atoms with Gasteiger partial charge in [0.2, 0.25) is 5.91 Å². The second-order valence-corrected chi connectivity index (χ2v) is 7.52. The van der Waals surface area contributed by atoms with Crippen LogP contribution in [0.15, 0.2) is 35.7 Å². The van der Waals surface area contributed by atoms with Crippen LogP contribution in [0.1, 0.15) is 26.7 Å². The molecule has 0 bridgehead atoms. The molecule has 0 spiro atoms. The summed E-state index contributed by atoms with van der Waals surface area (Å²) >= 11 is 1.27. The summed E-state index contributed by atoms with van der Waals surface area (Å²) in [6.07, 6.45) is -1.34. The lowest BCUT2D eigenvalue weighted by atomic mass is 10.0. The number of benzene rings is 1. The first-order valence-corrected chi connectivity index (χ1v) is 9.69. The molecule has 1 aromatic carbocycles. The maximum absolute atomic E-state index is 12.2. The summed E-state index contributed by atoms with van der Waals surface area (Å²) in [6, 6.07) is 8.32. The van der Waals surface area contributed by atoms with E-state index in [-0.39, 0.29) is 25.3 Å². The normalized spacial score (nSPS) is 11.8. The summed E-state index contributed by atoms with van der Waals surface area (Å²) in [5, 5.41) is 23.6. The van der Waals surface area contributed by atoms with Crippen LogP contribution in [0.5, 0.6) is 0 Å². The van der Waals surface area contributed by atoms with Crippen molar-refractivity contribution in [2.75, 3.05) is 11.9 Å². The van der Waals surface area contributed by atoms with E-state index in [1.165, 1.54) is 11.3 Å². The number of carboxylic acid groups (broad SMARTS) is 2. The Kier molecular flexibility index (Phi) is 7.51. The van der Waals surface area contributed by atoms with E-state index in [0.29, 0.717) is 5.13 Å². The number of amides is 2. The van der Waals surface area contributed by atoms with Crippen molar-refractivity contribution >= 4 is 34.4 Å². The molecule has 0 saturated heterocycles. The molecule has 0 aliphatic heterocycles. The van der Waals surface area contributed by atoms with Crippen LogP contribution in [0.2, 0.25) is 0 Å². The van der Waals surface area contributed by atoms with Crippen LogP contribution < -0.4 is 5.32 Å². The fraction of sp³-hybridized carbons (Fsp3) is 0.368. The van der Waals surface area contributed by atoms with Gasteiger partial charge in [0.25, 0.3) is 0 Å². The molecule has 0 aliphatic rings. The number of hydrogen-bond donors (Lipinski definition) is 3. The SMILES string of the molecule is CC(C)CC(C(=O)O)N(CCC(=O)Nc1nc(-c2ccccc2)cs1)C(=O)O. The van der Waals surface area contributed by atoms with Crippen molar-refractivity contribution in [1.82, 2.24) is 9.88 Å². The fourth-order valence-corrected chi connectivity index (χ4v) is 3.40. The summed E-state index contributed by atoms with van der Waals surface area (Å²) < 4.78 is 0. The minimum atomic E-state index is -1.36. The average Bonchev–Trinajstić information content (AvgIpc) is 3.09. The van der Waals surface area contributed by atoms with E-state index >= 15 is 0 Å². The molecule has 3 N–H and O–H groups in total. The van der Waals surface area contributed by atoms with Gasteiger partial charge in [0, 0.05) is 23.9 Å². The van der Waals surface area contributed by atoms with Crippen molar-refractivity contribution in [3.8, 4) is 11.3 Å². The maximum atomic E-state index is 12.2. The molecule has 2 rings (SSSR count). The number of nitrogens with zero attached hydrogens (tertiary/aromatic N) is 2. The number of nitrogens with one attached hydrogen (secondary N) is 1. The zero-order valence-corrected chi connectivity index (χ0v) is 16.5. The first-order valence-electron chi connectivity index (χ1n) is 8.81. The molecule has 0 saturated carbocycles. The quantitative estimate of drug-likeness (QED) is 0.586. The van der Waals surface area contributed by atoms with Gasteiger partial charge in [-0.2, -0.15) is 0 Å². The Hall–Kier alpha value is -2.94. The van der Waals surface area contributed by atoms with E-state index in [4.69, 9.17) is 0 Å². The smallest absolute Gasteiger partial charge is 0.408 e. The molecule has 2 amide bonds. The van der Waals surface area contributed by atoms with Crippen LogP contribution in [0.4, 0.5) is 9.93 Å².